The van der Waals surface area contributed by atoms with E-state index in [-0.39, 0.29) is 34.3 Å². The Morgan fingerprint density at radius 3 is 2.08 bits per heavy atom. The monoisotopic (exact) mass is 326 g/mol. The number of ketones is 1. The van der Waals surface area contributed by atoms with Crippen molar-refractivity contribution in [3.8, 4) is 5.75 Å². The van der Waals surface area contributed by atoms with Crippen LogP contribution in [0.2, 0.25) is 0 Å². The summed E-state index contributed by atoms with van der Waals surface area (Å²) in [4.78, 5) is 40.0. The Kier molecular flexibility index (Phi) is 4.39. The number of benzene rings is 2. The van der Waals surface area contributed by atoms with E-state index < -0.39 is 11.8 Å². The molecule has 2 aromatic carbocycles. The van der Waals surface area contributed by atoms with Gasteiger partial charge in [-0.15, -0.1) is 0 Å². The lowest BCUT2D eigenvalue weighted by Crippen LogP contribution is -2.15. The molecule has 3 rings (SSSR count). The molecular weight excluding hydrogens is 312 g/mol. The van der Waals surface area contributed by atoms with Crippen molar-refractivity contribution >= 4 is 17.7 Å². The minimum atomic E-state index is -1.04. The van der Waals surface area contributed by atoms with E-state index in [0.717, 1.165) is 12.8 Å². The topological polar surface area (TPSA) is 89.9 Å². The molecule has 1 N–H and O–H groups in total. The van der Waals surface area contributed by atoms with Crippen molar-refractivity contribution in [1.82, 2.24) is 0 Å². The molecular formula is C18H14O6. The lowest BCUT2D eigenvalue weighted by molar-refractivity contribution is -0.182. The average molecular weight is 326 g/mol. The second-order valence-corrected chi connectivity index (χ2v) is 5.44. The van der Waals surface area contributed by atoms with Crippen molar-refractivity contribution in [2.45, 2.75) is 12.8 Å². The first-order valence-corrected chi connectivity index (χ1v) is 7.42. The summed E-state index contributed by atoms with van der Waals surface area (Å²) in [6.45, 7) is 0. The molecule has 1 saturated carbocycles. The van der Waals surface area contributed by atoms with Crippen molar-refractivity contribution < 1.29 is 29.3 Å². The van der Waals surface area contributed by atoms with Crippen molar-refractivity contribution in [3.05, 3.63) is 65.2 Å². The molecule has 6 nitrogen and oxygen atoms in total. The smallest absolute Gasteiger partial charge is 0.373 e. The summed E-state index contributed by atoms with van der Waals surface area (Å²) in [5.74, 6) is -1.86. The van der Waals surface area contributed by atoms with Gasteiger partial charge in [0.05, 0.1) is 17.0 Å². The van der Waals surface area contributed by atoms with Gasteiger partial charge in [-0.05, 0) is 31.0 Å². The van der Waals surface area contributed by atoms with E-state index >= 15 is 0 Å². The third-order valence-corrected chi connectivity index (χ3v) is 3.73. The van der Waals surface area contributed by atoms with Gasteiger partial charge in [-0.3, -0.25) is 14.5 Å². The van der Waals surface area contributed by atoms with Crippen LogP contribution in [0, 0.1) is 5.92 Å². The first-order valence-electron chi connectivity index (χ1n) is 7.42. The first-order chi connectivity index (χ1) is 11.6. The minimum Gasteiger partial charge on any atom is -0.426 e. The van der Waals surface area contributed by atoms with Crippen LogP contribution in [0.3, 0.4) is 0 Å². The molecule has 1 aliphatic rings. The van der Waals surface area contributed by atoms with Crippen LogP contribution in [0.5, 0.6) is 5.75 Å². The molecule has 0 aliphatic heterocycles. The molecule has 1 fully saturated rings. The van der Waals surface area contributed by atoms with Crippen molar-refractivity contribution in [2.75, 3.05) is 0 Å². The Balaban J connectivity index is 1.96. The van der Waals surface area contributed by atoms with Crippen molar-refractivity contribution in [3.63, 3.8) is 0 Å². The normalized spacial score (nSPS) is 13.2. The fourth-order valence-electron chi connectivity index (χ4n) is 2.31. The highest BCUT2D eigenvalue weighted by molar-refractivity contribution is 6.15. The molecule has 0 aromatic heterocycles. The van der Waals surface area contributed by atoms with Gasteiger partial charge in [0.2, 0.25) is 0 Å². The molecule has 0 spiro atoms. The molecule has 0 amide bonds. The van der Waals surface area contributed by atoms with Gasteiger partial charge in [0, 0.05) is 5.56 Å². The van der Waals surface area contributed by atoms with Gasteiger partial charge in [0.15, 0.2) is 5.78 Å². The molecule has 6 heteroatoms. The average Bonchev–Trinajstić information content (AvgIpc) is 3.46. The van der Waals surface area contributed by atoms with Gasteiger partial charge < -0.3 is 4.74 Å². The van der Waals surface area contributed by atoms with Gasteiger partial charge >= 0.3 is 11.9 Å². The standard InChI is InChI=1S/C18H14O6/c19-16(12-5-1-2-6-13(12)18(21)24-22)14-7-3-4-8-15(14)23-17(20)11-9-10-11/h1-8,11,22H,9-10H2. The first kappa shape index (κ1) is 15.9. The number of carbonyl (C=O) groups is 3. The number of hydrogen-bond acceptors (Lipinski definition) is 6. The van der Waals surface area contributed by atoms with Crippen LogP contribution < -0.4 is 4.74 Å². The minimum absolute atomic E-state index is 0.0477. The molecule has 0 saturated heterocycles. The molecule has 0 radical (unpaired) electrons. The summed E-state index contributed by atoms with van der Waals surface area (Å²) < 4.78 is 5.31. The summed E-state index contributed by atoms with van der Waals surface area (Å²) in [5, 5.41) is 8.58. The molecule has 0 atom stereocenters. The van der Waals surface area contributed by atoms with Crippen molar-refractivity contribution in [2.24, 2.45) is 5.92 Å². The van der Waals surface area contributed by atoms with E-state index in [2.05, 4.69) is 4.89 Å². The maximum atomic E-state index is 12.8. The summed E-state index contributed by atoms with van der Waals surface area (Å²) in [5.41, 5.74) is 0.129. The van der Waals surface area contributed by atoms with Crippen LogP contribution in [0.1, 0.15) is 39.1 Å². The maximum Gasteiger partial charge on any atom is 0.373 e. The molecule has 0 heterocycles. The van der Waals surface area contributed by atoms with Gasteiger partial charge in [-0.25, -0.2) is 4.79 Å². The summed E-state index contributed by atoms with van der Waals surface area (Å²) >= 11 is 0. The van der Waals surface area contributed by atoms with E-state index in [1.165, 1.54) is 24.3 Å². The number of para-hydroxylation sites is 1. The fourth-order valence-corrected chi connectivity index (χ4v) is 2.31. The molecule has 0 unspecified atom stereocenters. The van der Waals surface area contributed by atoms with Gasteiger partial charge in [-0.1, -0.05) is 30.3 Å². The Labute approximate surface area is 137 Å². The molecule has 24 heavy (non-hydrogen) atoms. The van der Waals surface area contributed by atoms with E-state index in [1.807, 2.05) is 0 Å². The van der Waals surface area contributed by atoms with Gasteiger partial charge in [-0.2, -0.15) is 5.26 Å². The predicted molar refractivity (Wildman–Crippen MR) is 82.7 cm³/mol. The van der Waals surface area contributed by atoms with Crippen LogP contribution in [0.4, 0.5) is 0 Å². The highest BCUT2D eigenvalue weighted by atomic mass is 17.1. The largest absolute Gasteiger partial charge is 0.426 e. The highest BCUT2D eigenvalue weighted by Crippen LogP contribution is 2.32. The number of hydrogen-bond donors (Lipinski definition) is 1. The van der Waals surface area contributed by atoms with Crippen LogP contribution in [0.15, 0.2) is 48.5 Å². The number of rotatable bonds is 5. The lowest BCUT2D eigenvalue weighted by Gasteiger charge is -2.10. The van der Waals surface area contributed by atoms with Crippen molar-refractivity contribution in [1.29, 1.82) is 0 Å². The lowest BCUT2D eigenvalue weighted by atomic mass is 9.98. The van der Waals surface area contributed by atoms with Crippen LogP contribution in [-0.4, -0.2) is 23.0 Å². The van der Waals surface area contributed by atoms with Crippen LogP contribution in [0.25, 0.3) is 0 Å². The SMILES string of the molecule is O=C(OO)c1ccccc1C(=O)c1ccccc1OC(=O)C1CC1. The van der Waals surface area contributed by atoms with E-state index in [4.69, 9.17) is 9.99 Å². The summed E-state index contributed by atoms with van der Waals surface area (Å²) in [7, 11) is 0. The summed E-state index contributed by atoms with van der Waals surface area (Å²) in [6.07, 6.45) is 1.58. The Morgan fingerprint density at radius 1 is 0.875 bits per heavy atom. The van der Waals surface area contributed by atoms with Crippen LogP contribution in [-0.2, 0) is 9.68 Å². The molecule has 122 valence electrons. The zero-order chi connectivity index (χ0) is 17.1. The van der Waals surface area contributed by atoms with Gasteiger partial charge in [0.1, 0.15) is 5.75 Å². The predicted octanol–water partition coefficient (Wildman–Crippen LogP) is 2.86. The Morgan fingerprint density at radius 2 is 1.46 bits per heavy atom. The summed E-state index contributed by atoms with van der Waals surface area (Å²) in [6, 6.07) is 12.3. The molecule has 0 bridgehead atoms. The van der Waals surface area contributed by atoms with Crippen LogP contribution >= 0.6 is 0 Å². The zero-order valence-corrected chi connectivity index (χ0v) is 12.6. The zero-order valence-electron chi connectivity index (χ0n) is 12.6. The highest BCUT2D eigenvalue weighted by Gasteiger charge is 2.32. The van der Waals surface area contributed by atoms with E-state index in [1.54, 1.807) is 24.3 Å². The second-order valence-electron chi connectivity index (χ2n) is 5.44. The number of carbonyl (C=O) groups excluding carboxylic acids is 3. The second kappa shape index (κ2) is 6.64. The van der Waals surface area contributed by atoms with E-state index in [0.29, 0.717) is 0 Å². The maximum absolute atomic E-state index is 12.8. The quantitative estimate of drug-likeness (QED) is 0.299. The molecule has 1 aliphatic carbocycles. The fraction of sp³-hybridized carbons (Fsp3) is 0.167. The number of ether oxygens (including phenoxy) is 1. The Bertz CT molecular complexity index is 807. The van der Waals surface area contributed by atoms with Gasteiger partial charge in [0.25, 0.3) is 0 Å². The third kappa shape index (κ3) is 3.18. The Hall–Kier alpha value is -2.99. The molecule has 2 aromatic rings. The number of esters is 1. The third-order valence-electron chi connectivity index (χ3n) is 3.73. The van der Waals surface area contributed by atoms with E-state index in [9.17, 15) is 14.4 Å².